The first kappa shape index (κ1) is 19.1. The molecule has 3 aromatic rings. The highest BCUT2D eigenvalue weighted by molar-refractivity contribution is 5.93. The highest BCUT2D eigenvalue weighted by Gasteiger charge is 2.40. The molecule has 0 aliphatic carbocycles. The van der Waals surface area contributed by atoms with E-state index < -0.39 is 11.7 Å². The lowest BCUT2D eigenvalue weighted by molar-refractivity contribution is -0.138. The maximum Gasteiger partial charge on any atom is 0.416 e. The number of alkyl halides is 3. The Bertz CT molecular complexity index is 1100. The van der Waals surface area contributed by atoms with Gasteiger partial charge in [-0.25, -0.2) is 0 Å². The van der Waals surface area contributed by atoms with Crippen molar-refractivity contribution in [3.63, 3.8) is 0 Å². The Kier molecular flexibility index (Phi) is 4.54. The molecule has 1 aromatic heterocycles. The number of benzene rings is 2. The monoisotopic (exact) mass is 413 g/mol. The molecule has 2 unspecified atom stereocenters. The number of nitrogens with zero attached hydrogens (tertiary/aromatic N) is 3. The molecule has 5 rings (SSSR count). The number of halogens is 3. The molecule has 2 aliphatic rings. The topological polar surface area (TPSA) is 53.1 Å². The van der Waals surface area contributed by atoms with E-state index in [0.717, 1.165) is 42.0 Å². The molecule has 2 fully saturated rings. The van der Waals surface area contributed by atoms with Crippen LogP contribution in [0.25, 0.3) is 10.8 Å². The molecule has 0 saturated carbocycles. The van der Waals surface area contributed by atoms with Gasteiger partial charge >= 0.3 is 6.18 Å². The number of aromatic nitrogens is 2. The number of nitrogens with one attached hydrogen (secondary N) is 2. The van der Waals surface area contributed by atoms with Crippen molar-refractivity contribution < 1.29 is 13.2 Å². The average Bonchev–Trinajstić information content (AvgIpc) is 2.99. The Morgan fingerprint density at radius 1 is 1.23 bits per heavy atom. The van der Waals surface area contributed by atoms with Crippen molar-refractivity contribution in [1.29, 1.82) is 0 Å². The molecule has 0 spiro atoms. The van der Waals surface area contributed by atoms with Gasteiger partial charge in [-0.2, -0.15) is 18.3 Å². The van der Waals surface area contributed by atoms with E-state index >= 15 is 0 Å². The van der Waals surface area contributed by atoms with Crippen LogP contribution in [0.4, 0.5) is 24.7 Å². The lowest BCUT2D eigenvalue weighted by Crippen LogP contribution is -2.59. The smallest absolute Gasteiger partial charge is 0.366 e. The Balaban J connectivity index is 1.43. The second-order valence-electron chi connectivity index (χ2n) is 7.97. The van der Waals surface area contributed by atoms with E-state index in [9.17, 15) is 13.2 Å². The highest BCUT2D eigenvalue weighted by Crippen LogP contribution is 2.35. The maximum absolute atomic E-state index is 13.2. The van der Waals surface area contributed by atoms with Crippen molar-refractivity contribution >= 4 is 22.3 Å². The molecule has 2 N–H and O–H groups in total. The van der Waals surface area contributed by atoms with Gasteiger partial charge in [0.05, 0.1) is 17.8 Å². The number of hydrogen-bond donors (Lipinski definition) is 2. The van der Waals surface area contributed by atoms with Crippen molar-refractivity contribution in [3.05, 3.63) is 59.3 Å². The fraction of sp³-hybridized carbons (Fsp3) is 0.364. The van der Waals surface area contributed by atoms with E-state index in [1.54, 1.807) is 12.3 Å². The van der Waals surface area contributed by atoms with Crippen LogP contribution in [0.3, 0.4) is 0 Å². The molecule has 2 aromatic carbocycles. The van der Waals surface area contributed by atoms with Crippen LogP contribution in [0, 0.1) is 6.92 Å². The standard InChI is InChI=1S/C22H22F3N5/c1-13-14(3-2-4-18(13)22(23,24)25)10-27-21-17-9-16(6-5-15(17)11-28-29-21)30-8-7-19-20(30)12-26-19/h2-6,9,11,19-20,26H,7-8,10,12H2,1H3,(H,27,29). The van der Waals surface area contributed by atoms with E-state index in [1.807, 2.05) is 6.07 Å². The Hall–Kier alpha value is -2.87. The van der Waals surface area contributed by atoms with Crippen molar-refractivity contribution in [1.82, 2.24) is 15.5 Å². The summed E-state index contributed by atoms with van der Waals surface area (Å²) in [7, 11) is 0. The van der Waals surface area contributed by atoms with Crippen LogP contribution in [0.2, 0.25) is 0 Å². The van der Waals surface area contributed by atoms with Crippen LogP contribution in [-0.2, 0) is 12.7 Å². The summed E-state index contributed by atoms with van der Waals surface area (Å²) >= 11 is 0. The van der Waals surface area contributed by atoms with Crippen LogP contribution < -0.4 is 15.5 Å². The summed E-state index contributed by atoms with van der Waals surface area (Å²) in [5.74, 6) is 0.577. The van der Waals surface area contributed by atoms with Gasteiger partial charge in [0.1, 0.15) is 0 Å². The number of rotatable bonds is 4. The predicted molar refractivity (Wildman–Crippen MR) is 111 cm³/mol. The summed E-state index contributed by atoms with van der Waals surface area (Å²) in [5, 5.41) is 16.8. The maximum atomic E-state index is 13.2. The summed E-state index contributed by atoms with van der Waals surface area (Å²) in [5.41, 5.74) is 1.35. The Labute approximate surface area is 172 Å². The minimum Gasteiger partial charge on any atom is -0.366 e. The number of fused-ring (bicyclic) bond motifs is 2. The zero-order valence-corrected chi connectivity index (χ0v) is 16.5. The molecular formula is C22H22F3N5. The normalized spacial score (nSPS) is 20.9. The molecule has 2 atom stereocenters. The van der Waals surface area contributed by atoms with E-state index in [1.165, 1.54) is 13.0 Å². The minimum absolute atomic E-state index is 0.229. The number of anilines is 2. The third-order valence-corrected chi connectivity index (χ3v) is 6.31. The molecule has 156 valence electrons. The van der Waals surface area contributed by atoms with E-state index in [-0.39, 0.29) is 12.1 Å². The average molecular weight is 413 g/mol. The van der Waals surface area contributed by atoms with Crippen LogP contribution in [-0.4, -0.2) is 35.4 Å². The molecule has 0 radical (unpaired) electrons. The molecule has 2 saturated heterocycles. The van der Waals surface area contributed by atoms with Gasteiger partial charge in [-0.1, -0.05) is 18.2 Å². The summed E-state index contributed by atoms with van der Waals surface area (Å²) in [6.07, 6.45) is -1.52. The second-order valence-corrected chi connectivity index (χ2v) is 7.97. The second kappa shape index (κ2) is 7.12. The van der Waals surface area contributed by atoms with Crippen molar-refractivity contribution in [2.45, 2.75) is 38.1 Å². The van der Waals surface area contributed by atoms with Crippen LogP contribution >= 0.6 is 0 Å². The first-order valence-corrected chi connectivity index (χ1v) is 10.1. The SMILES string of the molecule is Cc1c(CNc2nncc3ccc(N4CCC5NCC54)cc23)cccc1C(F)(F)F. The summed E-state index contributed by atoms with van der Waals surface area (Å²) in [6.45, 7) is 3.76. The van der Waals surface area contributed by atoms with Crippen LogP contribution in [0.1, 0.15) is 23.1 Å². The molecule has 30 heavy (non-hydrogen) atoms. The van der Waals surface area contributed by atoms with Gasteiger partial charge in [0, 0.05) is 42.1 Å². The largest absolute Gasteiger partial charge is 0.416 e. The number of hydrogen-bond acceptors (Lipinski definition) is 5. The Morgan fingerprint density at radius 3 is 2.83 bits per heavy atom. The third kappa shape index (κ3) is 3.25. The molecule has 2 aliphatic heterocycles. The van der Waals surface area contributed by atoms with E-state index in [2.05, 4.69) is 37.9 Å². The molecule has 5 nitrogen and oxygen atoms in total. The van der Waals surface area contributed by atoms with Crippen molar-refractivity contribution in [2.75, 3.05) is 23.3 Å². The van der Waals surface area contributed by atoms with E-state index in [4.69, 9.17) is 0 Å². The van der Waals surface area contributed by atoms with Crippen LogP contribution in [0.5, 0.6) is 0 Å². The van der Waals surface area contributed by atoms with Gasteiger partial charge in [-0.05, 0) is 42.7 Å². The van der Waals surface area contributed by atoms with Gasteiger partial charge in [-0.3, -0.25) is 0 Å². The summed E-state index contributed by atoms with van der Waals surface area (Å²) in [6, 6.07) is 11.6. The molecule has 0 bridgehead atoms. The van der Waals surface area contributed by atoms with Gasteiger partial charge in [-0.15, -0.1) is 5.10 Å². The first-order chi connectivity index (χ1) is 14.4. The fourth-order valence-corrected chi connectivity index (χ4v) is 4.51. The van der Waals surface area contributed by atoms with Gasteiger partial charge in [0.2, 0.25) is 0 Å². The molecule has 8 heteroatoms. The predicted octanol–water partition coefficient (Wildman–Crippen LogP) is 4.12. The lowest BCUT2D eigenvalue weighted by atomic mass is 10.0. The zero-order valence-electron chi connectivity index (χ0n) is 16.5. The van der Waals surface area contributed by atoms with Crippen LogP contribution in [0.15, 0.2) is 42.6 Å². The van der Waals surface area contributed by atoms with Gasteiger partial charge < -0.3 is 15.5 Å². The zero-order chi connectivity index (χ0) is 20.9. The minimum atomic E-state index is -4.36. The third-order valence-electron chi connectivity index (χ3n) is 6.31. The quantitative estimate of drug-likeness (QED) is 0.674. The molecule has 0 amide bonds. The van der Waals surface area contributed by atoms with Gasteiger partial charge in [0.25, 0.3) is 0 Å². The Morgan fingerprint density at radius 2 is 2.10 bits per heavy atom. The lowest BCUT2D eigenvalue weighted by Gasteiger charge is -2.38. The molecular weight excluding hydrogens is 391 g/mol. The fourth-order valence-electron chi connectivity index (χ4n) is 4.51. The highest BCUT2D eigenvalue weighted by atomic mass is 19.4. The van der Waals surface area contributed by atoms with Crippen molar-refractivity contribution in [3.8, 4) is 0 Å². The van der Waals surface area contributed by atoms with Gasteiger partial charge in [0.15, 0.2) is 5.82 Å². The summed E-state index contributed by atoms with van der Waals surface area (Å²) in [4.78, 5) is 2.42. The van der Waals surface area contributed by atoms with Crippen molar-refractivity contribution in [2.24, 2.45) is 0 Å². The summed E-state index contributed by atoms with van der Waals surface area (Å²) < 4.78 is 39.6. The first-order valence-electron chi connectivity index (χ1n) is 10.1. The van der Waals surface area contributed by atoms with E-state index in [0.29, 0.717) is 23.5 Å². The molecule has 3 heterocycles.